The normalized spacial score (nSPS) is 17.5. The van der Waals surface area contributed by atoms with Crippen molar-refractivity contribution in [2.75, 3.05) is 62.6 Å². The van der Waals surface area contributed by atoms with E-state index in [0.717, 1.165) is 29.3 Å². The van der Waals surface area contributed by atoms with Crippen molar-refractivity contribution in [1.29, 1.82) is 0 Å². The third kappa shape index (κ3) is 7.44. The first kappa shape index (κ1) is 31.1. The number of benzene rings is 1. The van der Waals surface area contributed by atoms with Crippen molar-refractivity contribution in [2.24, 2.45) is 11.7 Å². The molecule has 0 bridgehead atoms. The Labute approximate surface area is 246 Å². The van der Waals surface area contributed by atoms with Gasteiger partial charge in [0.2, 0.25) is 5.95 Å². The molecule has 43 heavy (non-hydrogen) atoms. The molecule has 0 amide bonds. The van der Waals surface area contributed by atoms with Crippen LogP contribution in [0.15, 0.2) is 29.2 Å². The average molecular weight is 626 g/mol. The first-order valence-electron chi connectivity index (χ1n) is 14.1. The number of hydrogen-bond donors (Lipinski definition) is 3. The summed E-state index contributed by atoms with van der Waals surface area (Å²) in [4.78, 5) is 22.6. The van der Waals surface area contributed by atoms with Gasteiger partial charge in [-0.2, -0.15) is 17.7 Å². The highest BCUT2D eigenvalue weighted by atomic mass is 32.2. The molecule has 3 aromatic rings. The summed E-state index contributed by atoms with van der Waals surface area (Å²) in [7, 11) is -4.33. The van der Waals surface area contributed by atoms with Crippen LogP contribution >= 0.6 is 0 Å². The van der Waals surface area contributed by atoms with Crippen LogP contribution in [0.1, 0.15) is 19.3 Å². The van der Waals surface area contributed by atoms with Crippen molar-refractivity contribution in [3.8, 4) is 11.1 Å². The van der Waals surface area contributed by atoms with Gasteiger partial charge in [0.1, 0.15) is 17.6 Å². The van der Waals surface area contributed by atoms with Gasteiger partial charge in [0.05, 0.1) is 49.8 Å². The minimum absolute atomic E-state index is 0.00590. The summed E-state index contributed by atoms with van der Waals surface area (Å²) in [6, 6.07) is 3.04. The Hall–Kier alpha value is -3.31. The van der Waals surface area contributed by atoms with E-state index in [9.17, 15) is 17.6 Å². The molecule has 1 saturated carbocycles. The zero-order valence-corrected chi connectivity index (χ0v) is 24.2. The summed E-state index contributed by atoms with van der Waals surface area (Å²) in [5.74, 6) is -1.52. The number of aromatic nitrogens is 3. The standard InChI is InChI=1S/C27H34F3N7O5S/c28-19-5-7-36(16-19)43(39,40)35-22-4-3-21(29)23(24(22)30)20-13-18-15-33-27(32-14-17-1-2-17)34-25(18)37(26(20)38)8-10-42-12-11-41-9-6-31/h3-4,13,15,17,19,35H,1-2,5-12,14,16,31H2,(H,32,33,34). The van der Waals surface area contributed by atoms with Crippen LogP contribution in [0.4, 0.5) is 24.8 Å². The first-order valence-corrected chi connectivity index (χ1v) is 15.5. The SMILES string of the molecule is NCCOCCOCCn1c(=O)c(-c2c(F)ccc(NS(=O)(=O)N3CCC(F)C3)c2F)cc2cnc(NCC3CC3)nc21. The van der Waals surface area contributed by atoms with Crippen LogP contribution in [0.25, 0.3) is 22.2 Å². The molecule has 1 aliphatic carbocycles. The fraction of sp³-hybridized carbons (Fsp3) is 0.519. The van der Waals surface area contributed by atoms with Gasteiger partial charge in [-0.05, 0) is 43.4 Å². The van der Waals surface area contributed by atoms with Crippen molar-refractivity contribution in [1.82, 2.24) is 18.8 Å². The Morgan fingerprint density at radius 1 is 1.09 bits per heavy atom. The molecule has 5 rings (SSSR count). The van der Waals surface area contributed by atoms with Gasteiger partial charge in [-0.1, -0.05) is 0 Å². The van der Waals surface area contributed by atoms with Gasteiger partial charge in [0.25, 0.3) is 5.56 Å². The second kappa shape index (κ2) is 13.5. The maximum atomic E-state index is 15.8. The number of pyridine rings is 1. The number of ether oxygens (including phenoxy) is 2. The highest BCUT2D eigenvalue weighted by molar-refractivity contribution is 7.90. The van der Waals surface area contributed by atoms with E-state index >= 15 is 8.78 Å². The van der Waals surface area contributed by atoms with Crippen molar-refractivity contribution < 1.29 is 31.1 Å². The molecular weight excluding hydrogens is 591 g/mol. The van der Waals surface area contributed by atoms with E-state index in [1.807, 2.05) is 0 Å². The zero-order chi connectivity index (χ0) is 30.6. The van der Waals surface area contributed by atoms with E-state index in [-0.39, 0.29) is 50.5 Å². The summed E-state index contributed by atoms with van der Waals surface area (Å²) in [6.45, 7) is 1.57. The smallest absolute Gasteiger partial charge is 0.301 e. The Morgan fingerprint density at radius 2 is 1.86 bits per heavy atom. The number of rotatable bonds is 15. The molecule has 234 valence electrons. The van der Waals surface area contributed by atoms with Gasteiger partial charge in [-0.25, -0.2) is 18.2 Å². The van der Waals surface area contributed by atoms with Crippen LogP contribution in [0, 0.1) is 17.6 Å². The Morgan fingerprint density at radius 3 is 2.56 bits per heavy atom. The van der Waals surface area contributed by atoms with Crippen molar-refractivity contribution in [3.05, 3.63) is 46.4 Å². The monoisotopic (exact) mass is 625 g/mol. The molecule has 1 saturated heterocycles. The van der Waals surface area contributed by atoms with Gasteiger partial charge in [0.15, 0.2) is 5.82 Å². The van der Waals surface area contributed by atoms with E-state index in [2.05, 4.69) is 20.0 Å². The van der Waals surface area contributed by atoms with E-state index in [4.69, 9.17) is 15.2 Å². The summed E-state index contributed by atoms with van der Waals surface area (Å²) in [5, 5.41) is 3.48. The molecule has 2 aromatic heterocycles. The average Bonchev–Trinajstić information content (AvgIpc) is 3.71. The van der Waals surface area contributed by atoms with E-state index < -0.39 is 44.8 Å². The minimum Gasteiger partial charge on any atom is -0.378 e. The van der Waals surface area contributed by atoms with Crippen molar-refractivity contribution in [3.63, 3.8) is 0 Å². The first-order chi connectivity index (χ1) is 20.7. The van der Waals surface area contributed by atoms with Crippen LogP contribution < -0.4 is 21.3 Å². The lowest BCUT2D eigenvalue weighted by molar-refractivity contribution is 0.0477. The molecule has 3 heterocycles. The highest BCUT2D eigenvalue weighted by Crippen LogP contribution is 2.32. The quantitative estimate of drug-likeness (QED) is 0.216. The summed E-state index contributed by atoms with van der Waals surface area (Å²) < 4.78 is 85.2. The van der Waals surface area contributed by atoms with Crippen molar-refractivity contribution in [2.45, 2.75) is 32.0 Å². The molecule has 1 atom stereocenters. The Balaban J connectivity index is 1.49. The van der Waals surface area contributed by atoms with E-state index in [1.165, 1.54) is 16.8 Å². The molecule has 1 aromatic carbocycles. The summed E-state index contributed by atoms with van der Waals surface area (Å²) >= 11 is 0. The lowest BCUT2D eigenvalue weighted by atomic mass is 10.0. The van der Waals surface area contributed by atoms with Gasteiger partial charge < -0.3 is 20.5 Å². The van der Waals surface area contributed by atoms with E-state index in [1.54, 1.807) is 0 Å². The largest absolute Gasteiger partial charge is 0.378 e. The van der Waals surface area contributed by atoms with Crippen molar-refractivity contribution >= 4 is 32.9 Å². The van der Waals surface area contributed by atoms with Crippen LogP contribution in [0.3, 0.4) is 0 Å². The number of nitrogens with two attached hydrogens (primary N) is 1. The number of alkyl halides is 1. The fourth-order valence-electron chi connectivity index (χ4n) is 4.74. The minimum atomic E-state index is -4.33. The van der Waals surface area contributed by atoms with Crippen LogP contribution in [-0.4, -0.2) is 86.0 Å². The number of anilines is 2. The number of nitrogens with one attached hydrogen (secondary N) is 2. The second-order valence-electron chi connectivity index (χ2n) is 10.5. The molecule has 2 aliphatic rings. The van der Waals surface area contributed by atoms with E-state index in [0.29, 0.717) is 43.6 Å². The lowest BCUT2D eigenvalue weighted by Crippen LogP contribution is -2.34. The van der Waals surface area contributed by atoms with Gasteiger partial charge in [-0.15, -0.1) is 0 Å². The predicted molar refractivity (Wildman–Crippen MR) is 155 cm³/mol. The van der Waals surface area contributed by atoms with Crippen LogP contribution in [0.2, 0.25) is 0 Å². The molecule has 0 radical (unpaired) electrons. The third-order valence-corrected chi connectivity index (χ3v) is 8.69. The fourth-order valence-corrected chi connectivity index (χ4v) is 6.01. The molecule has 1 aliphatic heterocycles. The number of nitrogens with zero attached hydrogens (tertiary/aromatic N) is 4. The maximum absolute atomic E-state index is 15.8. The molecule has 2 fully saturated rings. The molecular formula is C27H34F3N7O5S. The topological polar surface area (TPSA) is 154 Å². The predicted octanol–water partition coefficient (Wildman–Crippen LogP) is 2.25. The van der Waals surface area contributed by atoms with Crippen LogP contribution in [-0.2, 0) is 26.2 Å². The molecule has 4 N–H and O–H groups in total. The van der Waals surface area contributed by atoms with Gasteiger partial charge >= 0.3 is 10.2 Å². The maximum Gasteiger partial charge on any atom is 0.301 e. The molecule has 12 nitrogen and oxygen atoms in total. The van der Waals surface area contributed by atoms with Crippen LogP contribution in [0.5, 0.6) is 0 Å². The molecule has 1 unspecified atom stereocenters. The Bertz CT molecular complexity index is 1620. The highest BCUT2D eigenvalue weighted by Gasteiger charge is 2.32. The summed E-state index contributed by atoms with van der Waals surface area (Å²) in [6.07, 6.45) is 2.35. The third-order valence-electron chi connectivity index (χ3n) is 7.20. The lowest BCUT2D eigenvalue weighted by Gasteiger charge is -2.19. The number of hydrogen-bond acceptors (Lipinski definition) is 9. The number of halogens is 3. The second-order valence-corrected chi connectivity index (χ2v) is 12.1. The summed E-state index contributed by atoms with van der Waals surface area (Å²) in [5.41, 5.74) is 3.21. The molecule has 16 heteroatoms. The van der Waals surface area contributed by atoms with Gasteiger partial charge in [0, 0.05) is 37.8 Å². The Kier molecular flexibility index (Phi) is 9.81. The number of fused-ring (bicyclic) bond motifs is 1. The molecule has 0 spiro atoms. The zero-order valence-electron chi connectivity index (χ0n) is 23.4. The van der Waals surface area contributed by atoms with Gasteiger partial charge in [-0.3, -0.25) is 14.1 Å².